The normalized spacial score (nSPS) is 24.0. The second-order valence-corrected chi connectivity index (χ2v) is 5.98. The first kappa shape index (κ1) is 14.5. The summed E-state index contributed by atoms with van der Waals surface area (Å²) in [6.45, 7) is 14.6. The second kappa shape index (κ2) is 4.99. The first-order valence-corrected chi connectivity index (χ1v) is 6.39. The van der Waals surface area contributed by atoms with Gasteiger partial charge in [0.05, 0.1) is 11.2 Å². The van der Waals surface area contributed by atoms with Gasteiger partial charge >= 0.3 is 7.12 Å². The molecule has 0 saturated carbocycles. The molecule has 0 atom stereocenters. The third kappa shape index (κ3) is 3.23. The van der Waals surface area contributed by atoms with Crippen molar-refractivity contribution in [3.8, 4) is 0 Å². The number of hydrogen-bond donors (Lipinski definition) is 0. The van der Waals surface area contributed by atoms with E-state index in [9.17, 15) is 0 Å². The Morgan fingerprint density at radius 3 is 1.88 bits per heavy atom. The molecular weight excluding hydrogens is 211 g/mol. The fourth-order valence-electron chi connectivity index (χ4n) is 1.59. The van der Waals surface area contributed by atoms with E-state index in [0.29, 0.717) is 5.92 Å². The van der Waals surface area contributed by atoms with Crippen molar-refractivity contribution in [3.63, 3.8) is 0 Å². The van der Waals surface area contributed by atoms with E-state index < -0.39 is 0 Å². The Bertz CT molecular complexity index is 311. The van der Waals surface area contributed by atoms with Crippen LogP contribution in [0.3, 0.4) is 0 Å². The van der Waals surface area contributed by atoms with Crippen LogP contribution in [0.5, 0.6) is 0 Å². The molecule has 0 unspecified atom stereocenters. The molecule has 1 saturated heterocycles. The minimum absolute atomic E-state index is 0.250. The highest BCUT2D eigenvalue weighted by Crippen LogP contribution is 2.38. The molecule has 0 amide bonds. The smallest absolute Gasteiger partial charge is 0.399 e. The Balaban J connectivity index is 2.82. The van der Waals surface area contributed by atoms with Crippen LogP contribution in [0, 0.1) is 5.92 Å². The molecule has 1 fully saturated rings. The molecule has 0 aromatic heterocycles. The number of rotatable bonds is 3. The third-order valence-corrected chi connectivity index (χ3v) is 3.53. The Kier molecular flexibility index (Phi) is 4.26. The second-order valence-electron chi connectivity index (χ2n) is 5.98. The number of hydrogen-bond acceptors (Lipinski definition) is 2. The summed E-state index contributed by atoms with van der Waals surface area (Å²) in [5, 5.41) is 0. The van der Waals surface area contributed by atoms with E-state index in [1.807, 2.05) is 6.92 Å². The van der Waals surface area contributed by atoms with Gasteiger partial charge in [0.2, 0.25) is 0 Å². The SMILES string of the molecule is C/C=C(\C=C/C(C)C)B1OC(C)(C)C(C)(C)O1. The first-order valence-electron chi connectivity index (χ1n) is 6.39. The van der Waals surface area contributed by atoms with Crippen molar-refractivity contribution >= 4 is 7.12 Å². The average Bonchev–Trinajstić information content (AvgIpc) is 2.36. The van der Waals surface area contributed by atoms with Gasteiger partial charge in [0, 0.05) is 0 Å². The molecule has 1 aliphatic rings. The van der Waals surface area contributed by atoms with Crippen LogP contribution in [0.25, 0.3) is 0 Å². The van der Waals surface area contributed by atoms with Crippen molar-refractivity contribution in [1.82, 2.24) is 0 Å². The molecular formula is C14H25BO2. The van der Waals surface area contributed by atoms with E-state index in [1.54, 1.807) is 0 Å². The van der Waals surface area contributed by atoms with Gasteiger partial charge in [-0.05, 0) is 46.0 Å². The van der Waals surface area contributed by atoms with Gasteiger partial charge in [-0.3, -0.25) is 0 Å². The summed E-state index contributed by atoms with van der Waals surface area (Å²) >= 11 is 0. The Morgan fingerprint density at radius 2 is 1.53 bits per heavy atom. The molecule has 0 spiro atoms. The quantitative estimate of drug-likeness (QED) is 0.548. The minimum atomic E-state index is -0.266. The van der Waals surface area contributed by atoms with E-state index in [0.717, 1.165) is 5.47 Å². The Morgan fingerprint density at radius 1 is 1.06 bits per heavy atom. The van der Waals surface area contributed by atoms with Crippen LogP contribution in [0.1, 0.15) is 48.5 Å². The van der Waals surface area contributed by atoms with E-state index in [-0.39, 0.29) is 18.3 Å². The van der Waals surface area contributed by atoms with Gasteiger partial charge in [-0.2, -0.15) is 0 Å². The van der Waals surface area contributed by atoms with E-state index in [1.165, 1.54) is 0 Å². The van der Waals surface area contributed by atoms with Gasteiger partial charge in [0.25, 0.3) is 0 Å². The van der Waals surface area contributed by atoms with Gasteiger partial charge in [-0.15, -0.1) is 0 Å². The molecule has 0 aromatic carbocycles. The minimum Gasteiger partial charge on any atom is -0.399 e. The zero-order valence-corrected chi connectivity index (χ0v) is 12.2. The van der Waals surface area contributed by atoms with Crippen molar-refractivity contribution in [2.75, 3.05) is 0 Å². The summed E-state index contributed by atoms with van der Waals surface area (Å²) in [4.78, 5) is 0. The van der Waals surface area contributed by atoms with Crippen molar-refractivity contribution in [3.05, 3.63) is 23.7 Å². The zero-order chi connectivity index (χ0) is 13.3. The van der Waals surface area contributed by atoms with Gasteiger partial charge in [0.1, 0.15) is 0 Å². The molecule has 17 heavy (non-hydrogen) atoms. The van der Waals surface area contributed by atoms with E-state index >= 15 is 0 Å². The van der Waals surface area contributed by atoms with Gasteiger partial charge in [-0.25, -0.2) is 0 Å². The van der Waals surface area contributed by atoms with Crippen LogP contribution < -0.4 is 0 Å². The summed E-state index contributed by atoms with van der Waals surface area (Å²) in [6.07, 6.45) is 6.33. The van der Waals surface area contributed by atoms with Crippen LogP contribution in [-0.2, 0) is 9.31 Å². The lowest BCUT2D eigenvalue weighted by Crippen LogP contribution is -2.41. The van der Waals surface area contributed by atoms with Crippen LogP contribution in [0.15, 0.2) is 23.7 Å². The van der Waals surface area contributed by atoms with Crippen molar-refractivity contribution in [2.45, 2.75) is 59.7 Å². The lowest BCUT2D eigenvalue weighted by Gasteiger charge is -2.32. The molecule has 0 radical (unpaired) electrons. The summed E-state index contributed by atoms with van der Waals surface area (Å²) < 4.78 is 12.0. The van der Waals surface area contributed by atoms with Crippen molar-refractivity contribution in [1.29, 1.82) is 0 Å². The van der Waals surface area contributed by atoms with Crippen LogP contribution >= 0.6 is 0 Å². The Labute approximate surface area is 106 Å². The van der Waals surface area contributed by atoms with Gasteiger partial charge < -0.3 is 9.31 Å². The highest BCUT2D eigenvalue weighted by molar-refractivity contribution is 6.55. The molecule has 1 aliphatic heterocycles. The predicted octanol–water partition coefficient (Wildman–Crippen LogP) is 3.78. The third-order valence-electron chi connectivity index (χ3n) is 3.53. The molecule has 0 bridgehead atoms. The van der Waals surface area contributed by atoms with E-state index in [2.05, 4.69) is 59.8 Å². The maximum Gasteiger partial charge on any atom is 0.494 e. The predicted molar refractivity (Wildman–Crippen MR) is 73.8 cm³/mol. The highest BCUT2D eigenvalue weighted by Gasteiger charge is 2.51. The summed E-state index contributed by atoms with van der Waals surface area (Å²) in [6, 6.07) is 0. The average molecular weight is 236 g/mol. The lowest BCUT2D eigenvalue weighted by atomic mass is 9.77. The van der Waals surface area contributed by atoms with Crippen LogP contribution in [-0.4, -0.2) is 18.3 Å². The lowest BCUT2D eigenvalue weighted by molar-refractivity contribution is 0.00578. The number of allylic oxidation sites excluding steroid dienone is 4. The molecule has 1 rings (SSSR count). The fourth-order valence-corrected chi connectivity index (χ4v) is 1.59. The summed E-state index contributed by atoms with van der Waals surface area (Å²) in [5.41, 5.74) is 0.562. The maximum atomic E-state index is 6.01. The van der Waals surface area contributed by atoms with Crippen LogP contribution in [0.2, 0.25) is 0 Å². The summed E-state index contributed by atoms with van der Waals surface area (Å²) in [5.74, 6) is 0.535. The molecule has 0 N–H and O–H groups in total. The molecule has 3 heteroatoms. The zero-order valence-electron chi connectivity index (χ0n) is 12.2. The van der Waals surface area contributed by atoms with Gasteiger partial charge in [-0.1, -0.05) is 32.1 Å². The largest absolute Gasteiger partial charge is 0.494 e. The molecule has 0 aromatic rings. The van der Waals surface area contributed by atoms with Gasteiger partial charge in [0.15, 0.2) is 0 Å². The van der Waals surface area contributed by atoms with Crippen molar-refractivity contribution in [2.24, 2.45) is 5.92 Å². The standard InChI is InChI=1S/C14H25BO2/c1-8-12(10-9-11(2)3)15-16-13(4,5)14(6,7)17-15/h8-11H,1-7H3/b10-9-,12-8+. The Hall–Kier alpha value is -0.535. The molecule has 1 heterocycles. The molecule has 0 aliphatic carbocycles. The maximum absolute atomic E-state index is 6.01. The molecule has 2 nitrogen and oxygen atoms in total. The van der Waals surface area contributed by atoms with Crippen LogP contribution in [0.4, 0.5) is 0 Å². The first-order chi connectivity index (χ1) is 7.69. The highest BCUT2D eigenvalue weighted by atomic mass is 16.7. The van der Waals surface area contributed by atoms with Crippen molar-refractivity contribution < 1.29 is 9.31 Å². The topological polar surface area (TPSA) is 18.5 Å². The fraction of sp³-hybridized carbons (Fsp3) is 0.714. The van der Waals surface area contributed by atoms with E-state index in [4.69, 9.17) is 9.31 Å². The monoisotopic (exact) mass is 236 g/mol. The molecule has 96 valence electrons. The summed E-state index contributed by atoms with van der Waals surface area (Å²) in [7, 11) is -0.250.